The molecule has 0 saturated carbocycles. The van der Waals surface area contributed by atoms with Gasteiger partial charge < -0.3 is 9.47 Å². The van der Waals surface area contributed by atoms with Gasteiger partial charge in [0.05, 0.1) is 23.7 Å². The van der Waals surface area contributed by atoms with Crippen molar-refractivity contribution in [2.45, 2.75) is 13.5 Å². The molecule has 0 unspecified atom stereocenters. The summed E-state index contributed by atoms with van der Waals surface area (Å²) in [6.07, 6.45) is 1.57. The van der Waals surface area contributed by atoms with E-state index in [0.29, 0.717) is 50.4 Å². The number of para-hydroxylation sites is 1. The maximum absolute atomic E-state index is 14.1. The van der Waals surface area contributed by atoms with Crippen LogP contribution >= 0.6 is 15.9 Å². The van der Waals surface area contributed by atoms with Gasteiger partial charge in [0.2, 0.25) is 0 Å². The van der Waals surface area contributed by atoms with Crippen LogP contribution in [0.15, 0.2) is 105 Å². The van der Waals surface area contributed by atoms with Gasteiger partial charge in [-0.15, -0.1) is 0 Å². The highest BCUT2D eigenvalue weighted by Gasteiger charge is 2.14. The van der Waals surface area contributed by atoms with E-state index in [9.17, 15) is 9.18 Å². The van der Waals surface area contributed by atoms with E-state index in [1.165, 1.54) is 10.7 Å². The van der Waals surface area contributed by atoms with Crippen molar-refractivity contribution in [1.29, 1.82) is 0 Å². The van der Waals surface area contributed by atoms with Gasteiger partial charge >= 0.3 is 0 Å². The van der Waals surface area contributed by atoms with E-state index in [0.717, 1.165) is 5.56 Å². The van der Waals surface area contributed by atoms with Gasteiger partial charge in [-0.3, -0.25) is 4.79 Å². The number of hydrogen-bond acceptors (Lipinski definition) is 5. The number of halogens is 2. The number of ether oxygens (including phenoxy) is 2. The lowest BCUT2D eigenvalue weighted by Crippen LogP contribution is -2.20. The highest BCUT2D eigenvalue weighted by Crippen LogP contribution is 2.34. The predicted molar refractivity (Wildman–Crippen MR) is 150 cm³/mol. The summed E-state index contributed by atoms with van der Waals surface area (Å²) in [6, 6.07) is 26.6. The van der Waals surface area contributed by atoms with Crippen LogP contribution in [-0.4, -0.2) is 22.5 Å². The van der Waals surface area contributed by atoms with Crippen LogP contribution in [0.3, 0.4) is 0 Å². The van der Waals surface area contributed by atoms with Crippen molar-refractivity contribution in [2.24, 2.45) is 5.10 Å². The minimum absolute atomic E-state index is 0.0468. The molecule has 4 aromatic carbocycles. The Bertz CT molecular complexity index is 1690. The van der Waals surface area contributed by atoms with Crippen LogP contribution in [0.2, 0.25) is 0 Å². The van der Waals surface area contributed by atoms with E-state index in [4.69, 9.17) is 14.5 Å². The molecule has 5 aromatic rings. The smallest absolute Gasteiger partial charge is 0.282 e. The summed E-state index contributed by atoms with van der Waals surface area (Å²) in [7, 11) is 0. The van der Waals surface area contributed by atoms with Crippen LogP contribution < -0.4 is 15.0 Å². The summed E-state index contributed by atoms with van der Waals surface area (Å²) < 4.78 is 27.7. The first-order valence-electron chi connectivity index (χ1n) is 12.0. The first kappa shape index (κ1) is 25.4. The average Bonchev–Trinajstić information content (AvgIpc) is 2.94. The summed E-state index contributed by atoms with van der Waals surface area (Å²) in [5.41, 5.74) is 2.17. The molecule has 6 nitrogen and oxygen atoms in total. The van der Waals surface area contributed by atoms with Crippen LogP contribution in [0.25, 0.3) is 22.3 Å². The Hall–Kier alpha value is -4.30. The van der Waals surface area contributed by atoms with Crippen molar-refractivity contribution >= 4 is 33.0 Å². The van der Waals surface area contributed by atoms with Crippen molar-refractivity contribution in [2.75, 3.05) is 6.61 Å². The summed E-state index contributed by atoms with van der Waals surface area (Å²) in [4.78, 5) is 18.1. The lowest BCUT2D eigenvalue weighted by atomic mass is 10.2. The molecule has 38 heavy (non-hydrogen) atoms. The quantitative estimate of drug-likeness (QED) is 0.191. The molecule has 1 heterocycles. The molecule has 0 bridgehead atoms. The zero-order chi connectivity index (χ0) is 26.5. The van der Waals surface area contributed by atoms with Crippen LogP contribution in [0.4, 0.5) is 4.39 Å². The molecule has 0 N–H and O–H groups in total. The summed E-state index contributed by atoms with van der Waals surface area (Å²) in [5.74, 6) is 1.02. The molecule has 8 heteroatoms. The van der Waals surface area contributed by atoms with Gasteiger partial charge in [0.15, 0.2) is 17.3 Å². The van der Waals surface area contributed by atoms with Crippen LogP contribution in [0.1, 0.15) is 18.1 Å². The zero-order valence-corrected chi connectivity index (χ0v) is 22.1. The van der Waals surface area contributed by atoms with Crippen LogP contribution in [0.5, 0.6) is 11.5 Å². The highest BCUT2D eigenvalue weighted by molar-refractivity contribution is 9.10. The van der Waals surface area contributed by atoms with Crippen molar-refractivity contribution < 1.29 is 13.9 Å². The molecule has 5 rings (SSSR count). The van der Waals surface area contributed by atoms with Gasteiger partial charge in [-0.2, -0.15) is 9.78 Å². The third-order valence-electron chi connectivity index (χ3n) is 5.80. The Morgan fingerprint density at radius 3 is 2.45 bits per heavy atom. The minimum atomic E-state index is -0.336. The molecule has 190 valence electrons. The molecule has 0 aliphatic rings. The SMILES string of the molecule is CCOc1cc(C=Nn2c(-c3ccccc3)nc3ccccc3c2=O)c(Br)cc1OCc1ccccc1F. The normalized spacial score (nSPS) is 11.2. The molecular weight excluding hydrogens is 549 g/mol. The van der Waals surface area contributed by atoms with Gasteiger partial charge in [0, 0.05) is 21.2 Å². The fraction of sp³-hybridized carbons (Fsp3) is 0.100. The topological polar surface area (TPSA) is 65.7 Å². The fourth-order valence-corrected chi connectivity index (χ4v) is 4.35. The third-order valence-corrected chi connectivity index (χ3v) is 6.49. The number of benzene rings is 4. The molecule has 0 fully saturated rings. The third kappa shape index (κ3) is 5.35. The Labute approximate surface area is 227 Å². The van der Waals surface area contributed by atoms with Gasteiger partial charge in [-0.25, -0.2) is 9.37 Å². The summed E-state index contributed by atoms with van der Waals surface area (Å²) in [5, 5.41) is 5.01. The maximum atomic E-state index is 14.1. The maximum Gasteiger partial charge on any atom is 0.282 e. The Morgan fingerprint density at radius 2 is 1.66 bits per heavy atom. The molecular formula is C30H23BrFN3O3. The van der Waals surface area contributed by atoms with E-state index in [1.54, 1.807) is 48.7 Å². The molecule has 0 radical (unpaired) electrons. The molecule has 0 aliphatic carbocycles. The lowest BCUT2D eigenvalue weighted by Gasteiger charge is -2.14. The Balaban J connectivity index is 1.54. The predicted octanol–water partition coefficient (Wildman–Crippen LogP) is 6.83. The summed E-state index contributed by atoms with van der Waals surface area (Å²) >= 11 is 3.56. The Morgan fingerprint density at radius 1 is 0.947 bits per heavy atom. The van der Waals surface area contributed by atoms with E-state index < -0.39 is 0 Å². The standard InChI is InChI=1S/C30H23BrFN3O3/c1-2-37-27-16-22(24(31)17-28(27)38-19-21-12-6-8-14-25(21)32)18-33-35-29(20-10-4-3-5-11-20)34-26-15-9-7-13-23(26)30(35)36/h3-18H,2,19H2,1H3. The number of fused-ring (bicyclic) bond motifs is 1. The van der Waals surface area contributed by atoms with E-state index in [-0.39, 0.29) is 18.0 Å². The second-order valence-electron chi connectivity index (χ2n) is 8.31. The van der Waals surface area contributed by atoms with E-state index in [1.807, 2.05) is 49.4 Å². The van der Waals surface area contributed by atoms with Crippen molar-refractivity contribution in [3.8, 4) is 22.9 Å². The van der Waals surface area contributed by atoms with Crippen LogP contribution in [0, 0.1) is 5.82 Å². The zero-order valence-electron chi connectivity index (χ0n) is 20.5. The van der Waals surface area contributed by atoms with E-state index >= 15 is 0 Å². The molecule has 0 amide bonds. The molecule has 0 saturated heterocycles. The molecule has 0 spiro atoms. The average molecular weight is 572 g/mol. The molecule has 0 aliphatic heterocycles. The fourth-order valence-electron chi connectivity index (χ4n) is 3.93. The number of aromatic nitrogens is 2. The second-order valence-corrected chi connectivity index (χ2v) is 9.17. The Kier molecular flexibility index (Phi) is 7.60. The van der Waals surface area contributed by atoms with Crippen molar-refractivity contribution in [1.82, 2.24) is 9.66 Å². The van der Waals surface area contributed by atoms with Gasteiger partial charge in [0.1, 0.15) is 12.4 Å². The van der Waals surface area contributed by atoms with Gasteiger partial charge in [-0.05, 0) is 53.2 Å². The highest BCUT2D eigenvalue weighted by atomic mass is 79.9. The summed E-state index contributed by atoms with van der Waals surface area (Å²) in [6.45, 7) is 2.31. The first-order valence-corrected chi connectivity index (χ1v) is 12.8. The molecule has 0 atom stereocenters. The first-order chi connectivity index (χ1) is 18.5. The van der Waals surface area contributed by atoms with Gasteiger partial charge in [-0.1, -0.05) is 60.7 Å². The van der Waals surface area contributed by atoms with Gasteiger partial charge in [0.25, 0.3) is 5.56 Å². The molecule has 1 aromatic heterocycles. The largest absolute Gasteiger partial charge is 0.490 e. The monoisotopic (exact) mass is 571 g/mol. The van der Waals surface area contributed by atoms with Crippen LogP contribution in [-0.2, 0) is 6.61 Å². The van der Waals surface area contributed by atoms with Crippen molar-refractivity contribution in [3.05, 3.63) is 123 Å². The number of hydrogen-bond donors (Lipinski definition) is 0. The minimum Gasteiger partial charge on any atom is -0.490 e. The second kappa shape index (κ2) is 11.4. The van der Waals surface area contributed by atoms with E-state index in [2.05, 4.69) is 21.0 Å². The van der Waals surface area contributed by atoms with Crippen molar-refractivity contribution in [3.63, 3.8) is 0 Å². The lowest BCUT2D eigenvalue weighted by molar-refractivity contribution is 0.265. The number of nitrogens with zero attached hydrogens (tertiary/aromatic N) is 3. The number of rotatable bonds is 8.